The number of rotatable bonds is 4. The summed E-state index contributed by atoms with van der Waals surface area (Å²) in [6, 6.07) is 7.47. The number of benzene rings is 1. The normalized spacial score (nSPS) is 17.1. The summed E-state index contributed by atoms with van der Waals surface area (Å²) in [7, 11) is 0. The summed E-state index contributed by atoms with van der Waals surface area (Å²) in [5, 5.41) is 8.98. The lowest BCUT2D eigenvalue weighted by Gasteiger charge is -2.31. The molecule has 1 aromatic carbocycles. The van der Waals surface area contributed by atoms with Gasteiger partial charge in [0.2, 0.25) is 5.89 Å². The molecule has 0 unspecified atom stereocenters. The molecule has 28 heavy (non-hydrogen) atoms. The number of likely N-dealkylation sites (tertiary alicyclic amines) is 1. The van der Waals surface area contributed by atoms with Gasteiger partial charge in [0.1, 0.15) is 0 Å². The quantitative estimate of drug-likeness (QED) is 0.666. The summed E-state index contributed by atoms with van der Waals surface area (Å²) < 4.78 is 7.12. The van der Waals surface area contributed by atoms with Crippen LogP contribution in [0.1, 0.15) is 53.5 Å². The van der Waals surface area contributed by atoms with Crippen molar-refractivity contribution in [1.29, 1.82) is 0 Å². The van der Waals surface area contributed by atoms with Crippen LogP contribution in [0.15, 0.2) is 35.0 Å². The van der Waals surface area contributed by atoms with Gasteiger partial charge in [-0.05, 0) is 44.4 Å². The van der Waals surface area contributed by atoms with E-state index in [0.717, 1.165) is 24.2 Å². The summed E-state index contributed by atoms with van der Waals surface area (Å²) >= 11 is 6.12. The first kappa shape index (κ1) is 18.7. The number of hydrogen-bond acceptors (Lipinski definition) is 5. The maximum Gasteiger partial charge on any atom is 0.257 e. The van der Waals surface area contributed by atoms with Gasteiger partial charge in [-0.25, -0.2) is 4.68 Å². The van der Waals surface area contributed by atoms with Crippen molar-refractivity contribution >= 4 is 17.5 Å². The second-order valence-corrected chi connectivity index (χ2v) is 7.46. The molecule has 1 aliphatic heterocycles. The molecule has 0 spiro atoms. The third-order valence-corrected chi connectivity index (χ3v) is 5.32. The third kappa shape index (κ3) is 3.54. The van der Waals surface area contributed by atoms with E-state index < -0.39 is 0 Å². The Labute approximate surface area is 168 Å². The van der Waals surface area contributed by atoms with Crippen molar-refractivity contribution in [3.8, 4) is 5.69 Å². The van der Waals surface area contributed by atoms with Crippen LogP contribution in [0.25, 0.3) is 5.69 Å². The maximum atomic E-state index is 13.3. The summed E-state index contributed by atoms with van der Waals surface area (Å²) in [6.45, 7) is 5.12. The zero-order chi connectivity index (χ0) is 19.7. The van der Waals surface area contributed by atoms with Crippen LogP contribution in [0, 0.1) is 6.92 Å². The maximum absolute atomic E-state index is 13.3. The van der Waals surface area contributed by atoms with Crippen molar-refractivity contribution in [3.05, 3.63) is 58.5 Å². The predicted molar refractivity (Wildman–Crippen MR) is 105 cm³/mol. The van der Waals surface area contributed by atoms with Gasteiger partial charge >= 0.3 is 0 Å². The topological polar surface area (TPSA) is 77.1 Å². The average molecular weight is 400 g/mol. The van der Waals surface area contributed by atoms with Crippen molar-refractivity contribution in [3.63, 3.8) is 0 Å². The molecule has 0 N–H and O–H groups in total. The lowest BCUT2D eigenvalue weighted by atomic mass is 9.97. The number of piperidine rings is 1. The van der Waals surface area contributed by atoms with E-state index in [2.05, 4.69) is 15.2 Å². The number of aryl methyl sites for hydroxylation is 1. The largest absolute Gasteiger partial charge is 0.339 e. The highest BCUT2D eigenvalue weighted by molar-refractivity contribution is 6.30. The molecule has 1 amide bonds. The molecule has 1 aliphatic rings. The predicted octanol–water partition coefficient (Wildman–Crippen LogP) is 3.80. The first-order valence-corrected chi connectivity index (χ1v) is 9.87. The van der Waals surface area contributed by atoms with Crippen LogP contribution in [-0.4, -0.2) is 43.8 Å². The molecular weight excluding hydrogens is 378 g/mol. The smallest absolute Gasteiger partial charge is 0.257 e. The van der Waals surface area contributed by atoms with Gasteiger partial charge in [0, 0.05) is 18.1 Å². The zero-order valence-corrected chi connectivity index (χ0v) is 16.7. The standard InChI is InChI=1S/C20H22ClN5O2/c1-3-18-17(11-22-26(18)16-8-4-7-15(21)10-16)20(27)25-9-5-6-14(12-25)19-23-13(2)24-28-19/h4,7-8,10-11,14H,3,5-6,9,12H2,1-2H3/t14-/m1/s1. The van der Waals surface area contributed by atoms with Crippen LogP contribution in [0.5, 0.6) is 0 Å². The van der Waals surface area contributed by atoms with Crippen molar-refractivity contribution in [2.45, 2.75) is 39.0 Å². The Balaban J connectivity index is 1.59. The lowest BCUT2D eigenvalue weighted by molar-refractivity contribution is 0.0694. The van der Waals surface area contributed by atoms with E-state index in [-0.39, 0.29) is 11.8 Å². The van der Waals surface area contributed by atoms with Gasteiger partial charge in [0.05, 0.1) is 29.1 Å². The van der Waals surface area contributed by atoms with Crippen LogP contribution in [0.3, 0.4) is 0 Å². The first-order valence-electron chi connectivity index (χ1n) is 9.49. The SMILES string of the molecule is CCc1c(C(=O)N2CCC[C@@H](c3nc(C)no3)C2)cnn1-c1cccc(Cl)c1. The fraction of sp³-hybridized carbons (Fsp3) is 0.400. The molecule has 1 atom stereocenters. The molecule has 1 saturated heterocycles. The monoisotopic (exact) mass is 399 g/mol. The summed E-state index contributed by atoms with van der Waals surface area (Å²) in [5.74, 6) is 1.30. The number of amides is 1. The highest BCUT2D eigenvalue weighted by Gasteiger charge is 2.30. The molecule has 3 heterocycles. The van der Waals surface area contributed by atoms with E-state index in [1.165, 1.54) is 0 Å². The Hall–Kier alpha value is -2.67. The summed E-state index contributed by atoms with van der Waals surface area (Å²) in [4.78, 5) is 19.5. The number of halogens is 1. The molecule has 0 bridgehead atoms. The van der Waals surface area contributed by atoms with Crippen LogP contribution >= 0.6 is 11.6 Å². The van der Waals surface area contributed by atoms with Gasteiger partial charge in [0.15, 0.2) is 5.82 Å². The van der Waals surface area contributed by atoms with Crippen LogP contribution in [0.2, 0.25) is 5.02 Å². The van der Waals surface area contributed by atoms with Crippen molar-refractivity contribution in [2.75, 3.05) is 13.1 Å². The fourth-order valence-electron chi connectivity index (χ4n) is 3.74. The van der Waals surface area contributed by atoms with Crippen LogP contribution < -0.4 is 0 Å². The van der Waals surface area contributed by atoms with Gasteiger partial charge in [-0.1, -0.05) is 29.7 Å². The number of aromatic nitrogens is 4. The Morgan fingerprint density at radius 1 is 1.39 bits per heavy atom. The summed E-state index contributed by atoms with van der Waals surface area (Å²) in [6.07, 6.45) is 4.19. The van der Waals surface area contributed by atoms with Crippen LogP contribution in [0.4, 0.5) is 0 Å². The highest BCUT2D eigenvalue weighted by Crippen LogP contribution is 2.28. The van der Waals surface area contributed by atoms with Gasteiger partial charge in [0.25, 0.3) is 5.91 Å². The number of nitrogens with zero attached hydrogens (tertiary/aromatic N) is 5. The number of carbonyl (C=O) groups is 1. The molecule has 1 fully saturated rings. The molecule has 4 rings (SSSR count). The molecule has 2 aromatic heterocycles. The van der Waals surface area contributed by atoms with E-state index in [9.17, 15) is 4.79 Å². The van der Waals surface area contributed by atoms with E-state index in [0.29, 0.717) is 41.8 Å². The Morgan fingerprint density at radius 2 is 2.25 bits per heavy atom. The molecule has 0 saturated carbocycles. The van der Waals surface area contributed by atoms with Crippen molar-refractivity contribution < 1.29 is 9.32 Å². The van der Waals surface area contributed by atoms with E-state index in [4.69, 9.17) is 16.1 Å². The first-order chi connectivity index (χ1) is 13.6. The summed E-state index contributed by atoms with van der Waals surface area (Å²) in [5.41, 5.74) is 2.36. The molecule has 0 aliphatic carbocycles. The lowest BCUT2D eigenvalue weighted by Crippen LogP contribution is -2.39. The molecule has 3 aromatic rings. The van der Waals surface area contributed by atoms with Crippen molar-refractivity contribution in [1.82, 2.24) is 24.8 Å². The third-order valence-electron chi connectivity index (χ3n) is 5.09. The number of carbonyl (C=O) groups excluding carboxylic acids is 1. The van der Waals surface area contributed by atoms with Crippen molar-refractivity contribution in [2.24, 2.45) is 0 Å². The van der Waals surface area contributed by atoms with Crippen LogP contribution in [-0.2, 0) is 6.42 Å². The molecule has 146 valence electrons. The minimum absolute atomic E-state index is 0.00827. The van der Waals surface area contributed by atoms with Gasteiger partial charge in [-0.15, -0.1) is 0 Å². The molecule has 7 nitrogen and oxygen atoms in total. The Morgan fingerprint density at radius 3 is 2.96 bits per heavy atom. The average Bonchev–Trinajstić information content (AvgIpc) is 3.33. The zero-order valence-electron chi connectivity index (χ0n) is 15.9. The van der Waals surface area contributed by atoms with Gasteiger partial charge < -0.3 is 9.42 Å². The van der Waals surface area contributed by atoms with E-state index in [1.54, 1.807) is 17.8 Å². The minimum atomic E-state index is -0.00827. The minimum Gasteiger partial charge on any atom is -0.339 e. The van der Waals surface area contributed by atoms with E-state index >= 15 is 0 Å². The van der Waals surface area contributed by atoms with Gasteiger partial charge in [-0.2, -0.15) is 10.1 Å². The molecule has 0 radical (unpaired) electrons. The second kappa shape index (κ2) is 7.75. The molecular formula is C20H22ClN5O2. The van der Waals surface area contributed by atoms with E-state index in [1.807, 2.05) is 36.1 Å². The fourth-order valence-corrected chi connectivity index (χ4v) is 3.92. The Bertz CT molecular complexity index is 996. The molecule has 8 heteroatoms. The van der Waals surface area contributed by atoms with Gasteiger partial charge in [-0.3, -0.25) is 4.79 Å². The Kier molecular flexibility index (Phi) is 5.17. The number of hydrogen-bond donors (Lipinski definition) is 0. The highest BCUT2D eigenvalue weighted by atomic mass is 35.5. The second-order valence-electron chi connectivity index (χ2n) is 7.02.